The Labute approximate surface area is 165 Å². The Morgan fingerprint density at radius 3 is 3.00 bits per heavy atom. The van der Waals surface area contributed by atoms with Gasteiger partial charge < -0.3 is 19.4 Å². The first kappa shape index (κ1) is 17.9. The number of hydrogen-bond donors (Lipinski definition) is 2. The zero-order valence-corrected chi connectivity index (χ0v) is 16.6. The van der Waals surface area contributed by atoms with Crippen LogP contribution in [0.4, 0.5) is 0 Å². The molecule has 5 rings (SSSR count). The van der Waals surface area contributed by atoms with E-state index in [1.54, 1.807) is 0 Å². The fourth-order valence-corrected chi connectivity index (χ4v) is 4.92. The number of H-pyrrole nitrogens is 1. The second-order valence-corrected chi connectivity index (χ2v) is 8.23. The Morgan fingerprint density at radius 2 is 2.14 bits per heavy atom. The highest BCUT2D eigenvalue weighted by atomic mass is 16.5. The summed E-state index contributed by atoms with van der Waals surface area (Å²) in [4.78, 5) is 10.8. The monoisotopic (exact) mass is 380 g/mol. The van der Waals surface area contributed by atoms with Crippen LogP contribution in [0.2, 0.25) is 0 Å². The number of imidazole rings is 1. The summed E-state index contributed by atoms with van der Waals surface area (Å²) < 4.78 is 8.30. The van der Waals surface area contributed by atoms with Crippen LogP contribution in [0.5, 0.6) is 0 Å². The maximum Gasteiger partial charge on any atom is 0.142 e. The molecule has 0 amide bonds. The zero-order chi connectivity index (χ0) is 19.3. The Bertz CT molecular complexity index is 992. The molecule has 2 fully saturated rings. The van der Waals surface area contributed by atoms with Crippen LogP contribution in [0.3, 0.4) is 0 Å². The second-order valence-electron chi connectivity index (χ2n) is 8.23. The molecule has 0 aliphatic carbocycles. The number of rotatable bonds is 4. The summed E-state index contributed by atoms with van der Waals surface area (Å²) in [7, 11) is 0. The molecule has 4 heterocycles. The molecule has 1 aromatic carbocycles. The van der Waals surface area contributed by atoms with E-state index in [-0.39, 0.29) is 12.7 Å². The van der Waals surface area contributed by atoms with Crippen LogP contribution in [0.1, 0.15) is 30.1 Å². The van der Waals surface area contributed by atoms with Crippen molar-refractivity contribution in [3.8, 4) is 11.4 Å². The van der Waals surface area contributed by atoms with Crippen molar-refractivity contribution in [3.05, 3.63) is 41.9 Å². The molecule has 0 saturated carbocycles. The van der Waals surface area contributed by atoms with Crippen molar-refractivity contribution in [2.24, 2.45) is 0 Å². The number of aliphatic hydroxyl groups is 1. The highest BCUT2D eigenvalue weighted by molar-refractivity contribution is 5.95. The molecule has 2 saturated heterocycles. The summed E-state index contributed by atoms with van der Waals surface area (Å²) in [6.07, 6.45) is 5.98. The topological polar surface area (TPSA) is 66.3 Å². The first-order valence-electron chi connectivity index (χ1n) is 10.2. The molecule has 28 heavy (non-hydrogen) atoms. The fraction of sp³-hybridized carbons (Fsp3) is 0.500. The summed E-state index contributed by atoms with van der Waals surface area (Å²) in [6.45, 7) is 7.17. The van der Waals surface area contributed by atoms with Crippen LogP contribution in [-0.4, -0.2) is 63.0 Å². The average Bonchev–Trinajstić information content (AvgIpc) is 3.39. The van der Waals surface area contributed by atoms with E-state index < -0.39 is 0 Å². The van der Waals surface area contributed by atoms with Crippen molar-refractivity contribution < 1.29 is 9.84 Å². The Morgan fingerprint density at radius 1 is 1.25 bits per heavy atom. The van der Waals surface area contributed by atoms with E-state index >= 15 is 0 Å². The largest absolute Gasteiger partial charge is 0.396 e. The zero-order valence-electron chi connectivity index (χ0n) is 16.6. The minimum absolute atomic E-state index is 0.154. The highest BCUT2D eigenvalue weighted by Gasteiger charge is 2.38. The smallest absolute Gasteiger partial charge is 0.142 e. The summed E-state index contributed by atoms with van der Waals surface area (Å²) in [5.41, 5.74) is 4.86. The maximum absolute atomic E-state index is 9.22. The molecule has 0 radical (unpaired) electrons. The summed E-state index contributed by atoms with van der Waals surface area (Å²) in [6, 6.07) is 7.33. The number of nitrogens with zero attached hydrogens (tertiary/aromatic N) is 3. The molecule has 3 aromatic rings. The SMILES string of the molecule is Cc1[nH]c2c(-c3nccn3[C@H]3C[C@H]4CO[C@@H](CCO)CN4C3)cccc2c1C. The standard InChI is InChI=1S/C22H28N4O2/c1-14-15(2)24-21-19(14)4-3-5-20(21)22-23-7-8-26(22)16-10-17-13-28-18(6-9-27)12-25(17)11-16/h3-5,7-8,16-18,24,27H,6,9-13H2,1-2H3/t16-,17-,18-/m0/s1. The van der Waals surface area contributed by atoms with E-state index in [1.165, 1.54) is 22.2 Å². The fourth-order valence-electron chi connectivity index (χ4n) is 4.92. The van der Waals surface area contributed by atoms with E-state index in [4.69, 9.17) is 9.72 Å². The van der Waals surface area contributed by atoms with Crippen LogP contribution in [0.25, 0.3) is 22.3 Å². The molecule has 2 aromatic heterocycles. The van der Waals surface area contributed by atoms with Gasteiger partial charge in [0.2, 0.25) is 0 Å². The van der Waals surface area contributed by atoms with Gasteiger partial charge in [0.1, 0.15) is 5.82 Å². The Kier molecular flexibility index (Phi) is 4.50. The lowest BCUT2D eigenvalue weighted by Gasteiger charge is -2.34. The Hall–Kier alpha value is -2.15. The third-order valence-electron chi connectivity index (χ3n) is 6.57. The number of hydrogen-bond acceptors (Lipinski definition) is 4. The van der Waals surface area contributed by atoms with Gasteiger partial charge in [-0.3, -0.25) is 4.90 Å². The molecule has 148 valence electrons. The number of fused-ring (bicyclic) bond motifs is 2. The van der Waals surface area contributed by atoms with Crippen molar-refractivity contribution in [2.75, 3.05) is 26.3 Å². The third-order valence-corrected chi connectivity index (χ3v) is 6.57. The van der Waals surface area contributed by atoms with Crippen molar-refractivity contribution >= 4 is 10.9 Å². The van der Waals surface area contributed by atoms with Crippen LogP contribution in [0.15, 0.2) is 30.6 Å². The molecule has 0 spiro atoms. The van der Waals surface area contributed by atoms with Crippen LogP contribution < -0.4 is 0 Å². The molecule has 6 nitrogen and oxygen atoms in total. The molecule has 2 aliphatic rings. The van der Waals surface area contributed by atoms with Crippen molar-refractivity contribution in [2.45, 2.75) is 44.9 Å². The summed E-state index contributed by atoms with van der Waals surface area (Å²) >= 11 is 0. The predicted octanol–water partition coefficient (Wildman–Crippen LogP) is 3.04. The number of aryl methyl sites for hydroxylation is 2. The lowest BCUT2D eigenvalue weighted by atomic mass is 10.1. The normalized spacial score (nSPS) is 25.5. The number of aromatic amines is 1. The van der Waals surface area contributed by atoms with E-state index in [0.29, 0.717) is 12.1 Å². The highest BCUT2D eigenvalue weighted by Crippen LogP contribution is 2.36. The van der Waals surface area contributed by atoms with Gasteiger partial charge in [-0.1, -0.05) is 12.1 Å². The van der Waals surface area contributed by atoms with E-state index in [1.807, 2.05) is 6.20 Å². The van der Waals surface area contributed by atoms with E-state index in [0.717, 1.165) is 43.9 Å². The van der Waals surface area contributed by atoms with E-state index in [2.05, 4.69) is 52.7 Å². The minimum Gasteiger partial charge on any atom is -0.396 e. The number of para-hydroxylation sites is 1. The van der Waals surface area contributed by atoms with Crippen LogP contribution in [-0.2, 0) is 4.74 Å². The first-order chi connectivity index (χ1) is 13.7. The lowest BCUT2D eigenvalue weighted by Crippen LogP contribution is -2.46. The van der Waals surface area contributed by atoms with Gasteiger partial charge >= 0.3 is 0 Å². The van der Waals surface area contributed by atoms with Gasteiger partial charge in [0.25, 0.3) is 0 Å². The number of aliphatic hydroxyl groups excluding tert-OH is 1. The maximum atomic E-state index is 9.22. The number of nitrogens with one attached hydrogen (secondary N) is 1. The number of ether oxygens (including phenoxy) is 1. The molecule has 0 bridgehead atoms. The quantitative estimate of drug-likeness (QED) is 0.730. The second kappa shape index (κ2) is 7.03. The number of aromatic nitrogens is 3. The lowest BCUT2D eigenvalue weighted by molar-refractivity contribution is -0.0567. The third kappa shape index (κ3) is 2.87. The van der Waals surface area contributed by atoms with Gasteiger partial charge in [0.05, 0.1) is 18.2 Å². The summed E-state index contributed by atoms with van der Waals surface area (Å²) in [5, 5.41) is 10.5. The van der Waals surface area contributed by atoms with Crippen LogP contribution in [0, 0.1) is 13.8 Å². The van der Waals surface area contributed by atoms with Gasteiger partial charge in [-0.2, -0.15) is 0 Å². The van der Waals surface area contributed by atoms with E-state index in [9.17, 15) is 5.11 Å². The molecule has 2 N–H and O–H groups in total. The van der Waals surface area contributed by atoms with Crippen molar-refractivity contribution in [1.82, 2.24) is 19.4 Å². The van der Waals surface area contributed by atoms with Gasteiger partial charge in [0, 0.05) is 60.8 Å². The summed E-state index contributed by atoms with van der Waals surface area (Å²) in [5.74, 6) is 1.03. The first-order valence-corrected chi connectivity index (χ1v) is 10.2. The van der Waals surface area contributed by atoms with Crippen LogP contribution >= 0.6 is 0 Å². The Balaban J connectivity index is 1.46. The molecule has 6 heteroatoms. The van der Waals surface area contributed by atoms with Crippen molar-refractivity contribution in [3.63, 3.8) is 0 Å². The van der Waals surface area contributed by atoms with Crippen molar-refractivity contribution in [1.29, 1.82) is 0 Å². The molecular formula is C22H28N4O2. The van der Waals surface area contributed by atoms with Gasteiger partial charge in [0.15, 0.2) is 0 Å². The molecule has 0 unspecified atom stereocenters. The van der Waals surface area contributed by atoms with Gasteiger partial charge in [-0.25, -0.2) is 4.98 Å². The average molecular weight is 380 g/mol. The predicted molar refractivity (Wildman–Crippen MR) is 109 cm³/mol. The number of morpholine rings is 1. The molecule has 3 atom stereocenters. The molecular weight excluding hydrogens is 352 g/mol. The molecule has 2 aliphatic heterocycles. The minimum atomic E-state index is 0.154. The number of benzene rings is 1. The van der Waals surface area contributed by atoms with Gasteiger partial charge in [-0.05, 0) is 38.3 Å². The van der Waals surface area contributed by atoms with Gasteiger partial charge in [-0.15, -0.1) is 0 Å².